The van der Waals surface area contributed by atoms with Gasteiger partial charge in [0.1, 0.15) is 6.29 Å². The number of fused-ring (bicyclic) bond motifs is 1. The van der Waals surface area contributed by atoms with E-state index in [2.05, 4.69) is 57.4 Å². The van der Waals surface area contributed by atoms with Gasteiger partial charge in [0.2, 0.25) is 5.91 Å². The van der Waals surface area contributed by atoms with E-state index in [0.717, 1.165) is 37.8 Å². The van der Waals surface area contributed by atoms with Gasteiger partial charge in [0.25, 0.3) is 0 Å². The minimum Gasteiger partial charge on any atom is -0.346 e. The first-order chi connectivity index (χ1) is 12.6. The Kier molecular flexibility index (Phi) is 8.27. The third-order valence-electron chi connectivity index (χ3n) is 3.84. The Bertz CT molecular complexity index is 740. The molecule has 0 aliphatic carbocycles. The normalized spacial score (nSPS) is 15.0. The Morgan fingerprint density at radius 1 is 1.27 bits per heavy atom. The van der Waals surface area contributed by atoms with Crippen molar-refractivity contribution >= 4 is 35.0 Å². The van der Waals surface area contributed by atoms with Crippen LogP contribution < -0.4 is 5.32 Å². The Morgan fingerprint density at radius 2 is 2.00 bits per heavy atom. The number of aromatic nitrogens is 1. The monoisotopic (exact) mass is 372 g/mol. The molecule has 1 aromatic carbocycles. The number of carbonyl (C=O) groups is 2. The standard InChI is InChI=1S/C14H17N3S.C5H7NO2/c1-16-8-10-17(11-9-16)18-14-6-7-15-13-5-3-2-4-12(13)14;1-2-5(8)6-3-4-7/h2-7H,8-11H2,1H3;2,4H,1,3H2,(H,6,8). The summed E-state index contributed by atoms with van der Waals surface area (Å²) >= 11 is 1.86. The number of pyridine rings is 1. The predicted molar refractivity (Wildman–Crippen MR) is 106 cm³/mol. The van der Waals surface area contributed by atoms with Crippen LogP contribution in [0.2, 0.25) is 0 Å². The number of carbonyl (C=O) groups excluding carboxylic acids is 2. The van der Waals surface area contributed by atoms with Crippen molar-refractivity contribution in [2.24, 2.45) is 0 Å². The van der Waals surface area contributed by atoms with Gasteiger partial charge in [-0.25, -0.2) is 4.31 Å². The summed E-state index contributed by atoms with van der Waals surface area (Å²) in [6, 6.07) is 10.5. The van der Waals surface area contributed by atoms with Gasteiger partial charge in [-0.05, 0) is 37.2 Å². The fourth-order valence-electron chi connectivity index (χ4n) is 2.38. The van der Waals surface area contributed by atoms with Gasteiger partial charge in [0.05, 0.1) is 12.1 Å². The van der Waals surface area contributed by atoms with E-state index in [1.54, 1.807) is 0 Å². The molecular formula is C19H24N4O2S. The molecule has 1 aliphatic rings. The number of nitrogens with zero attached hydrogens (tertiary/aromatic N) is 3. The maximum Gasteiger partial charge on any atom is 0.243 e. The number of rotatable bonds is 5. The molecular weight excluding hydrogens is 348 g/mol. The summed E-state index contributed by atoms with van der Waals surface area (Å²) < 4.78 is 2.45. The van der Waals surface area contributed by atoms with Gasteiger partial charge < -0.3 is 15.0 Å². The number of piperazine rings is 1. The summed E-state index contributed by atoms with van der Waals surface area (Å²) in [7, 11) is 2.18. The molecule has 7 heteroatoms. The van der Waals surface area contributed by atoms with E-state index in [1.165, 1.54) is 10.3 Å². The van der Waals surface area contributed by atoms with Crippen LogP contribution in [0.3, 0.4) is 0 Å². The van der Waals surface area contributed by atoms with E-state index < -0.39 is 0 Å². The van der Waals surface area contributed by atoms with Crippen molar-refractivity contribution < 1.29 is 9.59 Å². The van der Waals surface area contributed by atoms with Crippen LogP contribution in [-0.2, 0) is 9.59 Å². The fourth-order valence-corrected chi connectivity index (χ4v) is 3.40. The fraction of sp³-hybridized carbons (Fsp3) is 0.316. The highest BCUT2D eigenvalue weighted by molar-refractivity contribution is 7.97. The van der Waals surface area contributed by atoms with Crippen LogP contribution in [0, 0.1) is 0 Å². The van der Waals surface area contributed by atoms with Crippen molar-refractivity contribution in [3.8, 4) is 0 Å². The van der Waals surface area contributed by atoms with Crippen LogP contribution in [0.5, 0.6) is 0 Å². The van der Waals surface area contributed by atoms with Crippen LogP contribution in [0.25, 0.3) is 10.9 Å². The van der Waals surface area contributed by atoms with Gasteiger partial charge >= 0.3 is 0 Å². The Hall–Kier alpha value is -2.22. The SMILES string of the molecule is C=CC(=O)NCC=O.CN1CCN(Sc2ccnc3ccccc23)CC1. The number of para-hydroxylation sites is 1. The van der Waals surface area contributed by atoms with E-state index in [4.69, 9.17) is 0 Å². The third kappa shape index (κ3) is 6.25. The number of hydrogen-bond donors (Lipinski definition) is 1. The van der Waals surface area contributed by atoms with Crippen LogP contribution in [0.4, 0.5) is 0 Å². The van der Waals surface area contributed by atoms with Gasteiger partial charge in [0.15, 0.2) is 0 Å². The van der Waals surface area contributed by atoms with E-state index in [1.807, 2.05) is 24.2 Å². The molecule has 1 aliphatic heterocycles. The minimum absolute atomic E-state index is 0.0604. The molecule has 2 heterocycles. The summed E-state index contributed by atoms with van der Waals surface area (Å²) in [4.78, 5) is 27.9. The first-order valence-corrected chi connectivity index (χ1v) is 9.20. The summed E-state index contributed by atoms with van der Waals surface area (Å²) in [5.41, 5.74) is 1.08. The molecule has 0 unspecified atom stereocenters. The topological polar surface area (TPSA) is 65.5 Å². The number of likely N-dealkylation sites (N-methyl/N-ethyl adjacent to an activating group) is 1. The molecule has 0 saturated carbocycles. The van der Waals surface area contributed by atoms with Crippen molar-refractivity contribution in [2.75, 3.05) is 39.8 Å². The second-order valence-corrected chi connectivity index (χ2v) is 6.90. The predicted octanol–water partition coefficient (Wildman–Crippen LogP) is 1.98. The molecule has 1 amide bonds. The quantitative estimate of drug-likeness (QED) is 0.492. The van der Waals surface area contributed by atoms with Gasteiger partial charge in [-0.1, -0.05) is 24.8 Å². The highest BCUT2D eigenvalue weighted by Gasteiger charge is 2.15. The summed E-state index contributed by atoms with van der Waals surface area (Å²) in [6.45, 7) is 7.79. The molecule has 138 valence electrons. The average Bonchev–Trinajstić information content (AvgIpc) is 2.68. The molecule has 1 N–H and O–H groups in total. The van der Waals surface area contributed by atoms with Crippen LogP contribution in [0.15, 0.2) is 54.1 Å². The molecule has 2 aromatic rings. The van der Waals surface area contributed by atoms with Crippen molar-refractivity contribution in [1.82, 2.24) is 19.5 Å². The van der Waals surface area contributed by atoms with Crippen molar-refractivity contribution in [1.29, 1.82) is 0 Å². The van der Waals surface area contributed by atoms with Crippen molar-refractivity contribution in [3.63, 3.8) is 0 Å². The van der Waals surface area contributed by atoms with Crippen molar-refractivity contribution in [3.05, 3.63) is 49.2 Å². The molecule has 1 fully saturated rings. The van der Waals surface area contributed by atoms with Crippen LogP contribution in [0.1, 0.15) is 0 Å². The molecule has 26 heavy (non-hydrogen) atoms. The molecule has 6 nitrogen and oxygen atoms in total. The maximum atomic E-state index is 10.2. The smallest absolute Gasteiger partial charge is 0.243 e. The van der Waals surface area contributed by atoms with Crippen molar-refractivity contribution in [2.45, 2.75) is 4.90 Å². The number of nitrogens with one attached hydrogen (secondary N) is 1. The van der Waals surface area contributed by atoms with E-state index in [0.29, 0.717) is 6.29 Å². The van der Waals surface area contributed by atoms with E-state index in [-0.39, 0.29) is 12.5 Å². The van der Waals surface area contributed by atoms with E-state index >= 15 is 0 Å². The van der Waals surface area contributed by atoms with Crippen LogP contribution in [-0.4, -0.2) is 66.2 Å². The molecule has 0 bridgehead atoms. The lowest BCUT2D eigenvalue weighted by atomic mass is 10.2. The average molecular weight is 372 g/mol. The Balaban J connectivity index is 0.000000260. The lowest BCUT2D eigenvalue weighted by Crippen LogP contribution is -2.40. The Labute approximate surface area is 158 Å². The summed E-state index contributed by atoms with van der Waals surface area (Å²) in [5.74, 6) is -0.322. The summed E-state index contributed by atoms with van der Waals surface area (Å²) in [6.07, 6.45) is 3.63. The maximum absolute atomic E-state index is 10.2. The first kappa shape index (κ1) is 20.1. The largest absolute Gasteiger partial charge is 0.346 e. The second kappa shape index (κ2) is 10.7. The number of benzene rings is 1. The number of aldehydes is 1. The molecule has 0 spiro atoms. The zero-order valence-electron chi connectivity index (χ0n) is 14.9. The van der Waals surface area contributed by atoms with Gasteiger partial charge in [-0.2, -0.15) is 0 Å². The Morgan fingerprint density at radius 3 is 2.69 bits per heavy atom. The third-order valence-corrected chi connectivity index (χ3v) is 5.02. The highest BCUT2D eigenvalue weighted by atomic mass is 32.2. The highest BCUT2D eigenvalue weighted by Crippen LogP contribution is 2.29. The molecule has 1 aromatic heterocycles. The van der Waals surface area contributed by atoms with Gasteiger partial charge in [0, 0.05) is 42.7 Å². The molecule has 3 rings (SSSR count). The van der Waals surface area contributed by atoms with Gasteiger partial charge in [-0.3, -0.25) is 9.78 Å². The zero-order valence-corrected chi connectivity index (χ0v) is 15.7. The first-order valence-electron chi connectivity index (χ1n) is 8.43. The number of amides is 1. The molecule has 0 atom stereocenters. The van der Waals surface area contributed by atoms with Gasteiger partial charge in [-0.15, -0.1) is 0 Å². The van der Waals surface area contributed by atoms with Crippen LogP contribution >= 0.6 is 11.9 Å². The zero-order chi connectivity index (χ0) is 18.8. The second-order valence-electron chi connectivity index (χ2n) is 5.77. The minimum atomic E-state index is -0.322. The summed E-state index contributed by atoms with van der Waals surface area (Å²) in [5, 5.41) is 3.51. The number of hydrogen-bond acceptors (Lipinski definition) is 6. The molecule has 1 saturated heterocycles. The van der Waals surface area contributed by atoms with E-state index in [9.17, 15) is 9.59 Å². The lowest BCUT2D eigenvalue weighted by molar-refractivity contribution is -0.118. The lowest BCUT2D eigenvalue weighted by Gasteiger charge is -2.31. The molecule has 0 radical (unpaired) electrons.